The van der Waals surface area contributed by atoms with Gasteiger partial charge in [-0.25, -0.2) is 4.68 Å². The van der Waals surface area contributed by atoms with Crippen LogP contribution in [0.3, 0.4) is 0 Å². The summed E-state index contributed by atoms with van der Waals surface area (Å²) in [6, 6.07) is 12.3. The van der Waals surface area contributed by atoms with Gasteiger partial charge in [0, 0.05) is 42.5 Å². The van der Waals surface area contributed by atoms with Gasteiger partial charge in [0.2, 0.25) is 0 Å². The highest BCUT2D eigenvalue weighted by molar-refractivity contribution is 7.98. The molecule has 0 saturated heterocycles. The summed E-state index contributed by atoms with van der Waals surface area (Å²) < 4.78 is 7.39. The van der Waals surface area contributed by atoms with Crippen molar-refractivity contribution in [3.05, 3.63) is 73.9 Å². The molecule has 8 heteroatoms. The van der Waals surface area contributed by atoms with Gasteiger partial charge in [0.05, 0.1) is 16.7 Å². The van der Waals surface area contributed by atoms with E-state index in [1.165, 1.54) is 16.7 Å². The largest absolute Gasteiger partial charge is 0.383 e. The first kappa shape index (κ1) is 23.0. The van der Waals surface area contributed by atoms with Crippen molar-refractivity contribution in [2.75, 3.05) is 20.0 Å². The van der Waals surface area contributed by atoms with Crippen LogP contribution in [0.5, 0.6) is 0 Å². The van der Waals surface area contributed by atoms with Crippen LogP contribution in [0, 0.1) is 6.92 Å². The van der Waals surface area contributed by atoms with E-state index < -0.39 is 0 Å². The molecule has 31 heavy (non-hydrogen) atoms. The van der Waals surface area contributed by atoms with Crippen LogP contribution in [0.15, 0.2) is 41.4 Å². The van der Waals surface area contributed by atoms with E-state index in [1.54, 1.807) is 31.0 Å². The van der Waals surface area contributed by atoms with Gasteiger partial charge in [0.1, 0.15) is 10.7 Å². The van der Waals surface area contributed by atoms with Gasteiger partial charge in [-0.1, -0.05) is 59.1 Å². The predicted octanol–water partition coefficient (Wildman–Crippen LogP) is 6.44. The Morgan fingerprint density at radius 2 is 1.81 bits per heavy atom. The molecule has 0 aliphatic carbocycles. The quantitative estimate of drug-likeness (QED) is 0.368. The second-order valence-corrected chi connectivity index (χ2v) is 9.74. The third-order valence-corrected chi connectivity index (χ3v) is 7.28. The molecule has 0 spiro atoms. The highest BCUT2D eigenvalue weighted by atomic mass is 35.5. The number of nitrogens with zero attached hydrogens (tertiary/aromatic N) is 3. The average Bonchev–Trinajstić information content (AvgIpc) is 3.03. The van der Waals surface area contributed by atoms with Gasteiger partial charge in [-0.15, -0.1) is 11.8 Å². The van der Waals surface area contributed by atoms with E-state index in [0.29, 0.717) is 33.4 Å². The van der Waals surface area contributed by atoms with E-state index in [-0.39, 0.29) is 0 Å². The molecular formula is C23H24Cl3N3OS. The van der Waals surface area contributed by atoms with E-state index in [4.69, 9.17) is 44.6 Å². The summed E-state index contributed by atoms with van der Waals surface area (Å²) in [6.45, 7) is 4.40. The van der Waals surface area contributed by atoms with E-state index in [2.05, 4.69) is 36.1 Å². The second kappa shape index (κ2) is 9.74. The molecule has 2 aromatic carbocycles. The van der Waals surface area contributed by atoms with Crippen molar-refractivity contribution in [3.63, 3.8) is 0 Å². The highest BCUT2D eigenvalue weighted by Crippen LogP contribution is 2.36. The van der Waals surface area contributed by atoms with E-state index in [0.717, 1.165) is 30.2 Å². The molecule has 0 bridgehead atoms. The average molecular weight is 497 g/mol. The predicted molar refractivity (Wildman–Crippen MR) is 130 cm³/mol. The van der Waals surface area contributed by atoms with Crippen molar-refractivity contribution in [2.24, 2.45) is 0 Å². The first-order valence-electron chi connectivity index (χ1n) is 10.00. The van der Waals surface area contributed by atoms with Crippen molar-refractivity contribution < 1.29 is 4.74 Å². The Labute approximate surface area is 202 Å². The Balaban J connectivity index is 1.72. The SMILES string of the molecule is COCC1Cc2ccccc2CN1Cc1c(SC)nn(-c2c(Cl)cc(Cl)cc2Cl)c1C. The number of methoxy groups -OCH3 is 1. The minimum atomic E-state index is 0.306. The smallest absolute Gasteiger partial charge is 0.123 e. The summed E-state index contributed by atoms with van der Waals surface area (Å²) in [7, 11) is 1.76. The van der Waals surface area contributed by atoms with Crippen molar-refractivity contribution in [1.29, 1.82) is 0 Å². The van der Waals surface area contributed by atoms with Crippen LogP contribution in [0.25, 0.3) is 5.69 Å². The molecule has 2 heterocycles. The van der Waals surface area contributed by atoms with E-state index >= 15 is 0 Å². The molecule has 0 saturated carbocycles. The Kier molecular flexibility index (Phi) is 7.21. The molecule has 1 aliphatic rings. The fourth-order valence-electron chi connectivity index (χ4n) is 4.20. The Morgan fingerprint density at radius 3 is 2.45 bits per heavy atom. The van der Waals surface area contributed by atoms with Crippen LogP contribution in [0.2, 0.25) is 15.1 Å². The number of fused-ring (bicyclic) bond motifs is 1. The molecule has 1 aromatic heterocycles. The Morgan fingerprint density at radius 1 is 1.13 bits per heavy atom. The van der Waals surface area contributed by atoms with Crippen molar-refractivity contribution in [2.45, 2.75) is 37.5 Å². The Bertz CT molecular complexity index is 1080. The van der Waals surface area contributed by atoms with Gasteiger partial charge in [-0.2, -0.15) is 5.10 Å². The van der Waals surface area contributed by atoms with Gasteiger partial charge < -0.3 is 4.74 Å². The van der Waals surface area contributed by atoms with Crippen LogP contribution >= 0.6 is 46.6 Å². The van der Waals surface area contributed by atoms with Gasteiger partial charge >= 0.3 is 0 Å². The lowest BCUT2D eigenvalue weighted by Gasteiger charge is -2.36. The number of halogens is 3. The maximum absolute atomic E-state index is 6.50. The summed E-state index contributed by atoms with van der Waals surface area (Å²) >= 11 is 20.7. The third-order valence-electron chi connectivity index (χ3n) is 5.77. The maximum atomic E-state index is 6.50. The maximum Gasteiger partial charge on any atom is 0.123 e. The zero-order valence-electron chi connectivity index (χ0n) is 17.7. The fourth-order valence-corrected chi connectivity index (χ4v) is 5.80. The summed E-state index contributed by atoms with van der Waals surface area (Å²) in [5, 5.41) is 7.27. The zero-order chi connectivity index (χ0) is 22.1. The molecule has 4 nitrogen and oxygen atoms in total. The highest BCUT2D eigenvalue weighted by Gasteiger charge is 2.29. The second-order valence-electron chi connectivity index (χ2n) is 7.69. The van der Waals surface area contributed by atoms with E-state index in [9.17, 15) is 0 Å². The summed E-state index contributed by atoms with van der Waals surface area (Å²) in [4.78, 5) is 2.48. The lowest BCUT2D eigenvalue weighted by atomic mass is 9.94. The normalized spacial score (nSPS) is 16.5. The number of hydrogen-bond acceptors (Lipinski definition) is 4. The minimum Gasteiger partial charge on any atom is -0.383 e. The fraction of sp³-hybridized carbons (Fsp3) is 0.348. The molecule has 164 valence electrons. The van der Waals surface area contributed by atoms with Gasteiger partial charge in [0.25, 0.3) is 0 Å². The summed E-state index contributed by atoms with van der Waals surface area (Å²) in [5.74, 6) is 0. The van der Waals surface area contributed by atoms with Crippen LogP contribution in [0.1, 0.15) is 22.4 Å². The number of rotatable bonds is 6. The standard InChI is InChI=1S/C23H24Cl3N3OS/c1-14-19(12-28-11-16-7-5-4-6-15(16)8-18(28)13-30-2)23(31-3)27-29(14)22-20(25)9-17(24)10-21(22)26/h4-7,9-10,18H,8,11-13H2,1-3H3. The van der Waals surface area contributed by atoms with Gasteiger partial charge in [-0.05, 0) is 42.9 Å². The number of thioether (sulfide) groups is 1. The molecule has 1 unspecified atom stereocenters. The molecule has 0 fully saturated rings. The molecule has 0 amide bonds. The lowest BCUT2D eigenvalue weighted by molar-refractivity contribution is 0.0716. The van der Waals surface area contributed by atoms with Crippen LogP contribution in [-0.4, -0.2) is 40.7 Å². The third kappa shape index (κ3) is 4.63. The van der Waals surface area contributed by atoms with Gasteiger partial charge in [0.15, 0.2) is 0 Å². The van der Waals surface area contributed by atoms with Crippen LogP contribution < -0.4 is 0 Å². The molecule has 0 N–H and O–H groups in total. The topological polar surface area (TPSA) is 30.3 Å². The molecule has 1 atom stereocenters. The minimum absolute atomic E-state index is 0.306. The monoisotopic (exact) mass is 495 g/mol. The molecule has 3 aromatic rings. The van der Waals surface area contributed by atoms with Crippen molar-refractivity contribution in [3.8, 4) is 5.69 Å². The zero-order valence-corrected chi connectivity index (χ0v) is 20.7. The van der Waals surface area contributed by atoms with E-state index in [1.807, 2.05) is 10.9 Å². The first-order chi connectivity index (χ1) is 14.9. The van der Waals surface area contributed by atoms with Crippen molar-refractivity contribution in [1.82, 2.24) is 14.7 Å². The number of hydrogen-bond donors (Lipinski definition) is 0. The summed E-state index contributed by atoms with van der Waals surface area (Å²) in [5.41, 5.74) is 5.62. The lowest BCUT2D eigenvalue weighted by Crippen LogP contribution is -2.42. The molecule has 1 aliphatic heterocycles. The summed E-state index contributed by atoms with van der Waals surface area (Å²) in [6.07, 6.45) is 3.01. The molecule has 0 radical (unpaired) electrons. The van der Waals surface area contributed by atoms with Crippen LogP contribution in [-0.2, 0) is 24.2 Å². The van der Waals surface area contributed by atoms with Gasteiger partial charge in [-0.3, -0.25) is 4.90 Å². The number of benzene rings is 2. The Hall–Kier alpha value is -1.21. The number of aromatic nitrogens is 2. The molecule has 4 rings (SSSR count). The first-order valence-corrected chi connectivity index (χ1v) is 12.4. The number of ether oxygens (including phenoxy) is 1. The van der Waals surface area contributed by atoms with Crippen LogP contribution in [0.4, 0.5) is 0 Å². The molecular weight excluding hydrogens is 473 g/mol. The van der Waals surface area contributed by atoms with Crippen molar-refractivity contribution >= 4 is 46.6 Å².